The summed E-state index contributed by atoms with van der Waals surface area (Å²) in [4.78, 5) is 13.5. The van der Waals surface area contributed by atoms with Gasteiger partial charge in [0, 0.05) is 17.9 Å². The molecule has 0 aliphatic carbocycles. The summed E-state index contributed by atoms with van der Waals surface area (Å²) in [5, 5.41) is 3.01. The zero-order valence-electron chi connectivity index (χ0n) is 14.5. The maximum Gasteiger partial charge on any atom is 0.231 e. The summed E-state index contributed by atoms with van der Waals surface area (Å²) in [6, 6.07) is 13.5. The van der Waals surface area contributed by atoms with Gasteiger partial charge in [0.2, 0.25) is 12.7 Å². The molecule has 1 atom stereocenters. The number of benzene rings is 2. The number of nitrogens with one attached hydrogen (secondary N) is 1. The number of carbonyl (C=O) groups is 1. The molecule has 0 saturated heterocycles. The van der Waals surface area contributed by atoms with Crippen molar-refractivity contribution in [1.82, 2.24) is 4.37 Å². The third kappa shape index (κ3) is 2.71. The van der Waals surface area contributed by atoms with Crippen molar-refractivity contribution >= 4 is 23.1 Å². The molecule has 0 saturated carbocycles. The van der Waals surface area contributed by atoms with E-state index in [-0.39, 0.29) is 18.6 Å². The maximum atomic E-state index is 12.4. The summed E-state index contributed by atoms with van der Waals surface area (Å²) in [7, 11) is 1.63. The van der Waals surface area contributed by atoms with Crippen molar-refractivity contribution in [1.29, 1.82) is 0 Å². The molecule has 7 heteroatoms. The zero-order chi connectivity index (χ0) is 18.4. The van der Waals surface area contributed by atoms with Crippen molar-refractivity contribution in [2.45, 2.75) is 12.3 Å². The minimum Gasteiger partial charge on any atom is -0.497 e. The predicted molar refractivity (Wildman–Crippen MR) is 102 cm³/mol. The smallest absolute Gasteiger partial charge is 0.231 e. The molecule has 1 unspecified atom stereocenters. The topological polar surface area (TPSA) is 69.7 Å². The van der Waals surface area contributed by atoms with Crippen molar-refractivity contribution in [2.24, 2.45) is 0 Å². The SMILES string of the molecule is COc1ccc(-c2nsc3c2NC(=O)CC3c2ccc3c(c2)OCO3)cc1. The van der Waals surface area contributed by atoms with Gasteiger partial charge in [-0.15, -0.1) is 0 Å². The van der Waals surface area contributed by atoms with Gasteiger partial charge in [0.15, 0.2) is 11.5 Å². The second kappa shape index (κ2) is 6.28. The number of ether oxygens (including phenoxy) is 3. The number of hydrogen-bond acceptors (Lipinski definition) is 6. The molecule has 3 aromatic rings. The standard InChI is InChI=1S/C20H16N2O4S/c1-24-13-5-2-11(3-6-13)18-19-20(27-22-18)14(9-17(23)21-19)12-4-7-15-16(8-12)26-10-25-15/h2-8,14H,9-10H2,1H3,(H,21,23). The normalized spacial score (nSPS) is 17.4. The van der Waals surface area contributed by atoms with Gasteiger partial charge in [-0.3, -0.25) is 4.79 Å². The maximum absolute atomic E-state index is 12.4. The average molecular weight is 380 g/mol. The Balaban J connectivity index is 1.56. The Labute approximate surface area is 159 Å². The number of fused-ring (bicyclic) bond motifs is 2. The summed E-state index contributed by atoms with van der Waals surface area (Å²) < 4.78 is 20.7. The van der Waals surface area contributed by atoms with E-state index in [0.29, 0.717) is 6.42 Å². The number of carbonyl (C=O) groups excluding carboxylic acids is 1. The van der Waals surface area contributed by atoms with Crippen LogP contribution in [0.5, 0.6) is 17.2 Å². The Bertz CT molecular complexity index is 1030. The van der Waals surface area contributed by atoms with E-state index in [1.165, 1.54) is 11.5 Å². The molecule has 2 aliphatic rings. The summed E-state index contributed by atoms with van der Waals surface area (Å²) in [6.45, 7) is 0.233. The number of amides is 1. The van der Waals surface area contributed by atoms with Crippen molar-refractivity contribution in [2.75, 3.05) is 19.2 Å². The third-order valence-electron chi connectivity index (χ3n) is 4.85. The van der Waals surface area contributed by atoms with E-state index in [0.717, 1.165) is 44.6 Å². The van der Waals surface area contributed by atoms with Crippen LogP contribution in [0, 0.1) is 0 Å². The molecule has 27 heavy (non-hydrogen) atoms. The van der Waals surface area contributed by atoms with Gasteiger partial charge in [0.25, 0.3) is 0 Å². The lowest BCUT2D eigenvalue weighted by molar-refractivity contribution is -0.116. The van der Waals surface area contributed by atoms with E-state index in [1.807, 2.05) is 42.5 Å². The number of aromatic nitrogens is 1. The van der Waals surface area contributed by atoms with E-state index in [1.54, 1.807) is 7.11 Å². The van der Waals surface area contributed by atoms with Crippen molar-refractivity contribution < 1.29 is 19.0 Å². The number of nitrogens with zero attached hydrogens (tertiary/aromatic N) is 1. The molecular formula is C20H16N2O4S. The molecule has 1 N–H and O–H groups in total. The van der Waals surface area contributed by atoms with Crippen molar-refractivity contribution in [3.05, 3.63) is 52.9 Å². The van der Waals surface area contributed by atoms with Gasteiger partial charge in [-0.2, -0.15) is 4.37 Å². The molecule has 0 bridgehead atoms. The molecular weight excluding hydrogens is 364 g/mol. The van der Waals surface area contributed by atoms with Gasteiger partial charge < -0.3 is 19.5 Å². The largest absolute Gasteiger partial charge is 0.497 e. The van der Waals surface area contributed by atoms with Gasteiger partial charge in [0.05, 0.1) is 17.7 Å². The Morgan fingerprint density at radius 2 is 1.96 bits per heavy atom. The fourth-order valence-corrected chi connectivity index (χ4v) is 4.45. The second-order valence-corrected chi connectivity index (χ2v) is 7.22. The van der Waals surface area contributed by atoms with Gasteiger partial charge in [-0.05, 0) is 53.5 Å². The molecule has 0 spiro atoms. The van der Waals surface area contributed by atoms with Gasteiger partial charge in [-0.25, -0.2) is 0 Å². The molecule has 2 aromatic carbocycles. The molecule has 3 heterocycles. The van der Waals surface area contributed by atoms with Crippen LogP contribution >= 0.6 is 11.5 Å². The minimum absolute atomic E-state index is 0.0138. The molecule has 0 radical (unpaired) electrons. The lowest BCUT2D eigenvalue weighted by Gasteiger charge is -2.23. The van der Waals surface area contributed by atoms with Crippen LogP contribution in [-0.2, 0) is 4.79 Å². The molecule has 5 rings (SSSR count). The van der Waals surface area contributed by atoms with Crippen LogP contribution in [0.3, 0.4) is 0 Å². The van der Waals surface area contributed by atoms with Gasteiger partial charge >= 0.3 is 0 Å². The summed E-state index contributed by atoms with van der Waals surface area (Å²) >= 11 is 1.43. The highest BCUT2D eigenvalue weighted by Gasteiger charge is 2.32. The fourth-order valence-electron chi connectivity index (χ4n) is 3.48. The molecule has 136 valence electrons. The summed E-state index contributed by atoms with van der Waals surface area (Å²) in [5.74, 6) is 2.18. The number of hydrogen-bond donors (Lipinski definition) is 1. The highest BCUT2D eigenvalue weighted by molar-refractivity contribution is 7.07. The van der Waals surface area contributed by atoms with E-state index in [2.05, 4.69) is 9.69 Å². The third-order valence-corrected chi connectivity index (χ3v) is 5.81. The minimum atomic E-state index is -0.0484. The van der Waals surface area contributed by atoms with Crippen LogP contribution in [0.2, 0.25) is 0 Å². The van der Waals surface area contributed by atoms with Crippen LogP contribution in [0.25, 0.3) is 11.3 Å². The van der Waals surface area contributed by atoms with E-state index in [9.17, 15) is 4.79 Å². The zero-order valence-corrected chi connectivity index (χ0v) is 15.3. The molecule has 1 amide bonds. The second-order valence-electron chi connectivity index (χ2n) is 6.42. The van der Waals surface area contributed by atoms with E-state index in [4.69, 9.17) is 14.2 Å². The average Bonchev–Trinajstić information content (AvgIpc) is 3.33. The predicted octanol–water partition coefficient (Wildman–Crippen LogP) is 4.02. The lowest BCUT2D eigenvalue weighted by Crippen LogP contribution is -2.22. The first-order valence-corrected chi connectivity index (χ1v) is 9.33. The van der Waals surface area contributed by atoms with E-state index >= 15 is 0 Å². The monoisotopic (exact) mass is 380 g/mol. The van der Waals surface area contributed by atoms with Crippen molar-refractivity contribution in [3.63, 3.8) is 0 Å². The van der Waals surface area contributed by atoms with Crippen LogP contribution in [0.4, 0.5) is 5.69 Å². The summed E-state index contributed by atoms with van der Waals surface area (Å²) in [6.07, 6.45) is 0.386. The van der Waals surface area contributed by atoms with Gasteiger partial charge in [0.1, 0.15) is 11.4 Å². The van der Waals surface area contributed by atoms with Crippen LogP contribution in [-0.4, -0.2) is 24.2 Å². The molecule has 0 fully saturated rings. The van der Waals surface area contributed by atoms with Crippen LogP contribution in [0.15, 0.2) is 42.5 Å². The first kappa shape index (κ1) is 16.1. The van der Waals surface area contributed by atoms with E-state index < -0.39 is 0 Å². The number of anilines is 1. The Kier molecular flexibility index (Phi) is 3.75. The quantitative estimate of drug-likeness (QED) is 0.743. The lowest BCUT2D eigenvalue weighted by atomic mass is 9.89. The highest BCUT2D eigenvalue weighted by Crippen LogP contribution is 2.46. The molecule has 6 nitrogen and oxygen atoms in total. The van der Waals surface area contributed by atoms with Crippen molar-refractivity contribution in [3.8, 4) is 28.5 Å². The fraction of sp³-hybridized carbons (Fsp3) is 0.200. The number of methoxy groups -OCH3 is 1. The summed E-state index contributed by atoms with van der Waals surface area (Å²) in [5.41, 5.74) is 3.56. The van der Waals surface area contributed by atoms with Crippen LogP contribution in [0.1, 0.15) is 22.8 Å². The molecule has 1 aromatic heterocycles. The number of rotatable bonds is 3. The first-order valence-electron chi connectivity index (χ1n) is 8.56. The Hall–Kier alpha value is -3.06. The Morgan fingerprint density at radius 1 is 1.15 bits per heavy atom. The van der Waals surface area contributed by atoms with Gasteiger partial charge in [-0.1, -0.05) is 6.07 Å². The Morgan fingerprint density at radius 3 is 2.78 bits per heavy atom. The van der Waals surface area contributed by atoms with Crippen LogP contribution < -0.4 is 19.5 Å². The first-order chi connectivity index (χ1) is 13.2. The molecule has 2 aliphatic heterocycles. The highest BCUT2D eigenvalue weighted by atomic mass is 32.1.